The number of hydrogen-bond acceptors (Lipinski definition) is 9. The van der Waals surface area contributed by atoms with Crippen molar-refractivity contribution < 1.29 is 38.1 Å². The van der Waals surface area contributed by atoms with Crippen LogP contribution in [-0.2, 0) is 19.1 Å². The molecule has 10 nitrogen and oxygen atoms in total. The van der Waals surface area contributed by atoms with Crippen LogP contribution in [0.15, 0.2) is 42.6 Å². The van der Waals surface area contributed by atoms with Gasteiger partial charge in [0.25, 0.3) is 5.91 Å². The molecule has 10 heteroatoms. The molecule has 1 amide bonds. The van der Waals surface area contributed by atoms with Crippen LogP contribution < -0.4 is 19.5 Å². The van der Waals surface area contributed by atoms with Gasteiger partial charge < -0.3 is 29.0 Å². The number of methoxy groups -OCH3 is 1. The highest BCUT2D eigenvalue weighted by Gasteiger charge is 2.28. The van der Waals surface area contributed by atoms with Crippen LogP contribution in [0, 0.1) is 0 Å². The van der Waals surface area contributed by atoms with Gasteiger partial charge in [-0.25, -0.2) is 9.78 Å². The van der Waals surface area contributed by atoms with Gasteiger partial charge in [-0.05, 0) is 32.4 Å². The molecular formula is C25H32N2O8. The predicted octanol–water partition coefficient (Wildman–Crippen LogP) is 3.29. The number of benzene rings is 1. The number of carbonyl (C=O) groups excluding carboxylic acids is 3. The summed E-state index contributed by atoms with van der Waals surface area (Å²) in [5.41, 5.74) is -0.137. The Bertz CT molecular complexity index is 983. The van der Waals surface area contributed by atoms with Crippen molar-refractivity contribution in [2.24, 2.45) is 0 Å². The highest BCUT2D eigenvalue weighted by molar-refractivity contribution is 5.98. The molecule has 1 N–H and O–H groups in total. The second kappa shape index (κ2) is 13.8. The molecule has 1 heterocycles. The van der Waals surface area contributed by atoms with Gasteiger partial charge in [0.05, 0.1) is 7.11 Å². The minimum Gasteiger partial charge on any atom is -0.493 e. The zero-order valence-electron chi connectivity index (χ0n) is 20.6. The largest absolute Gasteiger partial charge is 0.493 e. The third-order valence-electron chi connectivity index (χ3n) is 4.90. The summed E-state index contributed by atoms with van der Waals surface area (Å²) < 4.78 is 27.0. The van der Waals surface area contributed by atoms with E-state index >= 15 is 0 Å². The molecule has 0 aliphatic heterocycles. The topological polar surface area (TPSA) is 122 Å². The lowest BCUT2D eigenvalue weighted by Crippen LogP contribution is -2.43. The van der Waals surface area contributed by atoms with Crippen molar-refractivity contribution in [3.63, 3.8) is 0 Å². The Morgan fingerprint density at radius 3 is 2.43 bits per heavy atom. The van der Waals surface area contributed by atoms with E-state index in [0.29, 0.717) is 12.2 Å². The number of para-hydroxylation sites is 1. The zero-order chi connectivity index (χ0) is 25.8. The highest BCUT2D eigenvalue weighted by Crippen LogP contribution is 2.29. The number of amides is 1. The van der Waals surface area contributed by atoms with Gasteiger partial charge in [0.15, 0.2) is 17.2 Å². The number of aromatic nitrogens is 1. The summed E-state index contributed by atoms with van der Waals surface area (Å²) in [4.78, 5) is 40.7. The SMILES string of the molecule is CCC[C@@H](OC(=O)[C@H](C)NC(=O)c1nccc(OC)c1OCOC(C)=O)[C@@H](C)Oc1ccccc1. The van der Waals surface area contributed by atoms with Gasteiger partial charge in [0.2, 0.25) is 6.79 Å². The number of carbonyl (C=O) groups is 3. The fourth-order valence-electron chi connectivity index (χ4n) is 3.10. The molecule has 0 unspecified atom stereocenters. The number of nitrogens with one attached hydrogen (secondary N) is 1. The first-order valence-electron chi connectivity index (χ1n) is 11.3. The van der Waals surface area contributed by atoms with E-state index in [4.69, 9.17) is 23.7 Å². The van der Waals surface area contributed by atoms with Crippen molar-refractivity contribution >= 4 is 17.8 Å². The second-order valence-corrected chi connectivity index (χ2v) is 7.68. The minimum absolute atomic E-state index is 0.0249. The number of pyridine rings is 1. The molecule has 2 rings (SSSR count). The predicted molar refractivity (Wildman–Crippen MR) is 126 cm³/mol. The third kappa shape index (κ3) is 8.47. The summed E-state index contributed by atoms with van der Waals surface area (Å²) in [6.07, 6.45) is 1.81. The number of ether oxygens (including phenoxy) is 5. The molecule has 0 radical (unpaired) electrons. The van der Waals surface area contributed by atoms with E-state index in [1.54, 1.807) is 0 Å². The molecule has 1 aromatic carbocycles. The number of esters is 2. The first-order valence-corrected chi connectivity index (χ1v) is 11.3. The summed E-state index contributed by atoms with van der Waals surface area (Å²) in [5, 5.41) is 2.56. The zero-order valence-corrected chi connectivity index (χ0v) is 20.6. The fraction of sp³-hybridized carbons (Fsp3) is 0.440. The average molecular weight is 489 g/mol. The van der Waals surface area contributed by atoms with Crippen LogP contribution in [0.5, 0.6) is 17.2 Å². The number of nitrogens with zero attached hydrogens (tertiary/aromatic N) is 1. The molecule has 0 fully saturated rings. The summed E-state index contributed by atoms with van der Waals surface area (Å²) in [6.45, 7) is 6.10. The van der Waals surface area contributed by atoms with Crippen molar-refractivity contribution in [2.45, 2.75) is 58.8 Å². The van der Waals surface area contributed by atoms with E-state index in [2.05, 4.69) is 10.3 Å². The van der Waals surface area contributed by atoms with E-state index in [-0.39, 0.29) is 17.2 Å². The molecule has 3 atom stereocenters. The Morgan fingerprint density at radius 1 is 1.09 bits per heavy atom. The summed E-state index contributed by atoms with van der Waals surface area (Å²) in [6, 6.07) is 9.75. The van der Waals surface area contributed by atoms with Gasteiger partial charge in [-0.15, -0.1) is 0 Å². The van der Waals surface area contributed by atoms with Crippen LogP contribution in [-0.4, -0.2) is 55.0 Å². The Kier molecular flexibility index (Phi) is 10.8. The maximum Gasteiger partial charge on any atom is 0.328 e. The molecule has 0 saturated carbocycles. The number of rotatable bonds is 13. The van der Waals surface area contributed by atoms with Gasteiger partial charge in [0.1, 0.15) is 24.0 Å². The molecule has 1 aromatic heterocycles. The summed E-state index contributed by atoms with van der Waals surface area (Å²) >= 11 is 0. The first kappa shape index (κ1) is 27.4. The lowest BCUT2D eigenvalue weighted by Gasteiger charge is -2.26. The molecule has 0 saturated heterocycles. The Labute approximate surface area is 204 Å². The monoisotopic (exact) mass is 488 g/mol. The quantitative estimate of drug-likeness (QED) is 0.334. The Balaban J connectivity index is 2.06. The standard InChI is InChI=1S/C25H32N2O8/c1-6-10-20(17(3)34-19-11-8-7-9-12-19)35-25(30)16(2)27-24(29)22-23(33-15-32-18(4)28)21(31-5)13-14-26-22/h7-9,11-14,16-17,20H,6,10,15H2,1-5H3,(H,27,29)/t16-,17+,20+/m0/s1. The van der Waals surface area contributed by atoms with Gasteiger partial charge in [-0.3, -0.25) is 9.59 Å². The Morgan fingerprint density at radius 2 is 1.80 bits per heavy atom. The van der Waals surface area contributed by atoms with Crippen molar-refractivity contribution in [2.75, 3.05) is 13.9 Å². The van der Waals surface area contributed by atoms with E-state index in [9.17, 15) is 14.4 Å². The molecule has 0 aliphatic rings. The normalized spacial score (nSPS) is 13.1. The molecule has 2 aromatic rings. The minimum atomic E-state index is -0.986. The van der Waals surface area contributed by atoms with E-state index in [1.165, 1.54) is 33.2 Å². The smallest absolute Gasteiger partial charge is 0.328 e. The third-order valence-corrected chi connectivity index (χ3v) is 4.90. The van der Waals surface area contributed by atoms with Gasteiger partial charge in [-0.2, -0.15) is 0 Å². The van der Waals surface area contributed by atoms with Crippen LogP contribution in [0.3, 0.4) is 0 Å². The average Bonchev–Trinajstić information content (AvgIpc) is 2.83. The second-order valence-electron chi connectivity index (χ2n) is 7.68. The molecule has 190 valence electrons. The fourth-order valence-corrected chi connectivity index (χ4v) is 3.10. The van der Waals surface area contributed by atoms with Crippen LogP contribution in [0.2, 0.25) is 0 Å². The molecule has 35 heavy (non-hydrogen) atoms. The van der Waals surface area contributed by atoms with Gasteiger partial charge >= 0.3 is 11.9 Å². The van der Waals surface area contributed by atoms with Crippen LogP contribution in [0.1, 0.15) is 51.0 Å². The molecule has 0 aliphatic carbocycles. The lowest BCUT2D eigenvalue weighted by molar-refractivity contribution is -0.156. The first-order chi connectivity index (χ1) is 16.8. The van der Waals surface area contributed by atoms with Crippen LogP contribution in [0.4, 0.5) is 0 Å². The van der Waals surface area contributed by atoms with Crippen molar-refractivity contribution in [3.8, 4) is 17.2 Å². The lowest BCUT2D eigenvalue weighted by atomic mass is 10.1. The van der Waals surface area contributed by atoms with Crippen molar-refractivity contribution in [3.05, 3.63) is 48.3 Å². The maximum atomic E-state index is 12.9. The van der Waals surface area contributed by atoms with Crippen LogP contribution in [0.25, 0.3) is 0 Å². The van der Waals surface area contributed by atoms with Crippen molar-refractivity contribution in [1.29, 1.82) is 0 Å². The molecule has 0 spiro atoms. The van der Waals surface area contributed by atoms with E-state index in [1.807, 2.05) is 44.2 Å². The highest BCUT2D eigenvalue weighted by atomic mass is 16.7. The van der Waals surface area contributed by atoms with Gasteiger partial charge in [0, 0.05) is 19.2 Å². The molecular weight excluding hydrogens is 456 g/mol. The number of hydrogen-bond donors (Lipinski definition) is 1. The van der Waals surface area contributed by atoms with Gasteiger partial charge in [-0.1, -0.05) is 31.5 Å². The Hall–Kier alpha value is -3.82. The van der Waals surface area contributed by atoms with Crippen molar-refractivity contribution in [1.82, 2.24) is 10.3 Å². The van der Waals surface area contributed by atoms with E-state index < -0.39 is 42.9 Å². The van der Waals surface area contributed by atoms with E-state index in [0.717, 1.165) is 6.42 Å². The summed E-state index contributed by atoms with van der Waals surface area (Å²) in [5.74, 6) is -1.01. The molecule has 0 bridgehead atoms. The maximum absolute atomic E-state index is 12.9. The van der Waals surface area contributed by atoms with Crippen LogP contribution >= 0.6 is 0 Å². The summed E-state index contributed by atoms with van der Waals surface area (Å²) in [7, 11) is 1.39.